The maximum atomic E-state index is 10.8. The third-order valence-corrected chi connectivity index (χ3v) is 2.95. The zero-order valence-electron chi connectivity index (χ0n) is 11.1. The van der Waals surface area contributed by atoms with Crippen molar-refractivity contribution in [3.63, 3.8) is 0 Å². The summed E-state index contributed by atoms with van der Waals surface area (Å²) in [5.41, 5.74) is 1.51. The molecule has 0 aliphatic heterocycles. The molecule has 0 fully saturated rings. The second kappa shape index (κ2) is 6.16. The average molecular weight is 273 g/mol. The minimum atomic E-state index is -0.418. The molecular weight excluding hydrogens is 258 g/mol. The van der Waals surface area contributed by atoms with Crippen molar-refractivity contribution >= 4 is 5.69 Å². The maximum Gasteiger partial charge on any atom is 0.272 e. The number of aliphatic hydroxyl groups is 1. The fourth-order valence-electron chi connectivity index (χ4n) is 1.95. The molecule has 0 saturated heterocycles. The zero-order valence-corrected chi connectivity index (χ0v) is 11.1. The largest absolute Gasteiger partial charge is 0.457 e. The van der Waals surface area contributed by atoms with E-state index < -0.39 is 4.92 Å². The Kier molecular flexibility index (Phi) is 4.32. The van der Waals surface area contributed by atoms with Gasteiger partial charge in [-0.3, -0.25) is 10.1 Å². The first-order valence-corrected chi connectivity index (χ1v) is 6.23. The smallest absolute Gasteiger partial charge is 0.272 e. The van der Waals surface area contributed by atoms with Gasteiger partial charge in [0.1, 0.15) is 11.5 Å². The third-order valence-electron chi connectivity index (χ3n) is 2.95. The Labute approximate surface area is 116 Å². The predicted octanol–water partition coefficient (Wildman–Crippen LogP) is 3.23. The molecule has 0 amide bonds. The zero-order chi connectivity index (χ0) is 14.5. The summed E-state index contributed by atoms with van der Waals surface area (Å²) < 4.78 is 5.74. The highest BCUT2D eigenvalue weighted by Gasteiger charge is 2.11. The van der Waals surface area contributed by atoms with Gasteiger partial charge in [-0.2, -0.15) is 0 Å². The van der Waals surface area contributed by atoms with Gasteiger partial charge < -0.3 is 9.84 Å². The van der Waals surface area contributed by atoms with Crippen LogP contribution in [-0.2, 0) is 6.42 Å². The van der Waals surface area contributed by atoms with Crippen LogP contribution >= 0.6 is 0 Å². The molecule has 1 N–H and O–H groups in total. The van der Waals surface area contributed by atoms with Crippen LogP contribution in [0.3, 0.4) is 0 Å². The van der Waals surface area contributed by atoms with Gasteiger partial charge in [0.05, 0.1) is 4.92 Å². The number of nitrogens with zero attached hydrogens (tertiary/aromatic N) is 1. The number of ether oxygens (including phenoxy) is 1. The van der Waals surface area contributed by atoms with Gasteiger partial charge in [0.15, 0.2) is 0 Å². The number of benzene rings is 2. The average Bonchev–Trinajstić information content (AvgIpc) is 2.41. The van der Waals surface area contributed by atoms with Crippen molar-refractivity contribution in [1.29, 1.82) is 0 Å². The van der Waals surface area contributed by atoms with E-state index in [4.69, 9.17) is 9.84 Å². The van der Waals surface area contributed by atoms with Crippen molar-refractivity contribution in [2.45, 2.75) is 13.3 Å². The van der Waals surface area contributed by atoms with Crippen molar-refractivity contribution in [2.24, 2.45) is 0 Å². The first kappa shape index (κ1) is 14.0. The van der Waals surface area contributed by atoms with Gasteiger partial charge in [-0.05, 0) is 37.1 Å². The van der Waals surface area contributed by atoms with Crippen LogP contribution in [0.25, 0.3) is 0 Å². The van der Waals surface area contributed by atoms with Crippen LogP contribution < -0.4 is 4.74 Å². The van der Waals surface area contributed by atoms with Gasteiger partial charge >= 0.3 is 0 Å². The van der Waals surface area contributed by atoms with E-state index in [1.165, 1.54) is 6.07 Å². The Morgan fingerprint density at radius 2 is 2.00 bits per heavy atom. The van der Waals surface area contributed by atoms with E-state index in [-0.39, 0.29) is 12.3 Å². The van der Waals surface area contributed by atoms with Crippen LogP contribution in [0.2, 0.25) is 0 Å². The van der Waals surface area contributed by atoms with E-state index >= 15 is 0 Å². The highest BCUT2D eigenvalue weighted by atomic mass is 16.6. The molecule has 5 heteroatoms. The highest BCUT2D eigenvalue weighted by Crippen LogP contribution is 2.29. The van der Waals surface area contributed by atoms with Gasteiger partial charge in [-0.15, -0.1) is 0 Å². The molecule has 2 aromatic carbocycles. The van der Waals surface area contributed by atoms with Crippen LogP contribution in [-0.4, -0.2) is 16.6 Å². The van der Waals surface area contributed by atoms with Crippen molar-refractivity contribution in [2.75, 3.05) is 6.61 Å². The van der Waals surface area contributed by atoms with Crippen LogP contribution in [0.1, 0.15) is 11.1 Å². The predicted molar refractivity (Wildman–Crippen MR) is 75.1 cm³/mol. The van der Waals surface area contributed by atoms with Crippen LogP contribution in [0.5, 0.6) is 11.5 Å². The Hall–Kier alpha value is -2.40. The molecule has 0 aromatic heterocycles. The van der Waals surface area contributed by atoms with Gasteiger partial charge in [0.25, 0.3) is 5.69 Å². The highest BCUT2D eigenvalue weighted by molar-refractivity contribution is 5.46. The molecule has 0 bridgehead atoms. The third kappa shape index (κ3) is 3.13. The van der Waals surface area contributed by atoms with Crippen molar-refractivity contribution < 1.29 is 14.8 Å². The van der Waals surface area contributed by atoms with E-state index in [0.29, 0.717) is 23.5 Å². The summed E-state index contributed by atoms with van der Waals surface area (Å²) >= 11 is 0. The number of nitro groups is 1. The number of aryl methyl sites for hydroxylation is 1. The molecule has 0 radical (unpaired) electrons. The fraction of sp³-hybridized carbons (Fsp3) is 0.200. The Bertz CT molecular complexity index is 625. The molecule has 0 spiro atoms. The lowest BCUT2D eigenvalue weighted by molar-refractivity contribution is -0.385. The molecule has 0 saturated carbocycles. The topological polar surface area (TPSA) is 72.6 Å². The molecule has 5 nitrogen and oxygen atoms in total. The number of hydrogen-bond donors (Lipinski definition) is 1. The normalized spacial score (nSPS) is 10.3. The van der Waals surface area contributed by atoms with Crippen LogP contribution in [0, 0.1) is 17.0 Å². The standard InChI is InChI=1S/C15H15NO4/c1-11-10-13(6-7-14(11)16(18)19)20-15-5-3-2-4-12(15)8-9-17/h2-7,10,17H,8-9H2,1H3. The molecular formula is C15H15NO4. The Morgan fingerprint density at radius 3 is 2.65 bits per heavy atom. The minimum absolute atomic E-state index is 0.0413. The summed E-state index contributed by atoms with van der Waals surface area (Å²) in [7, 11) is 0. The monoisotopic (exact) mass is 273 g/mol. The number of nitro benzene ring substituents is 1. The summed E-state index contributed by atoms with van der Waals surface area (Å²) in [6.07, 6.45) is 0.502. The SMILES string of the molecule is Cc1cc(Oc2ccccc2CCO)ccc1[N+](=O)[O-]. The van der Waals surface area contributed by atoms with E-state index in [1.54, 1.807) is 19.1 Å². The van der Waals surface area contributed by atoms with Crippen molar-refractivity contribution in [3.8, 4) is 11.5 Å². The maximum absolute atomic E-state index is 10.8. The fourth-order valence-corrected chi connectivity index (χ4v) is 1.95. The van der Waals surface area contributed by atoms with E-state index in [1.807, 2.05) is 24.3 Å². The van der Waals surface area contributed by atoms with Crippen LogP contribution in [0.15, 0.2) is 42.5 Å². The van der Waals surface area contributed by atoms with Crippen molar-refractivity contribution in [1.82, 2.24) is 0 Å². The molecule has 20 heavy (non-hydrogen) atoms. The molecule has 0 aliphatic rings. The van der Waals surface area contributed by atoms with Gasteiger partial charge in [0.2, 0.25) is 0 Å². The first-order valence-electron chi connectivity index (χ1n) is 6.23. The summed E-state index contributed by atoms with van der Waals surface area (Å²) in [5.74, 6) is 1.19. The second-order valence-electron chi connectivity index (χ2n) is 4.39. The number of para-hydroxylation sites is 1. The van der Waals surface area contributed by atoms with Crippen molar-refractivity contribution in [3.05, 3.63) is 63.7 Å². The molecule has 0 unspecified atom stereocenters. The lowest BCUT2D eigenvalue weighted by Gasteiger charge is -2.10. The van der Waals surface area contributed by atoms with Gasteiger partial charge in [-0.1, -0.05) is 18.2 Å². The Balaban J connectivity index is 2.26. The lowest BCUT2D eigenvalue weighted by atomic mass is 10.1. The number of hydrogen-bond acceptors (Lipinski definition) is 4. The van der Waals surface area contributed by atoms with Crippen LogP contribution in [0.4, 0.5) is 5.69 Å². The van der Waals surface area contributed by atoms with E-state index in [9.17, 15) is 10.1 Å². The van der Waals surface area contributed by atoms with E-state index in [2.05, 4.69) is 0 Å². The summed E-state index contributed by atoms with van der Waals surface area (Å²) in [6, 6.07) is 12.0. The molecule has 0 aliphatic carbocycles. The summed E-state index contributed by atoms with van der Waals surface area (Å²) in [6.45, 7) is 1.71. The minimum Gasteiger partial charge on any atom is -0.457 e. The van der Waals surface area contributed by atoms with Gasteiger partial charge in [0, 0.05) is 18.2 Å². The first-order chi connectivity index (χ1) is 9.61. The quantitative estimate of drug-likeness (QED) is 0.670. The number of rotatable bonds is 5. The molecule has 104 valence electrons. The summed E-state index contributed by atoms with van der Waals surface area (Å²) in [5, 5.41) is 19.8. The molecule has 2 rings (SSSR count). The molecule has 0 heterocycles. The molecule has 0 atom stereocenters. The number of aliphatic hydroxyl groups excluding tert-OH is 1. The Morgan fingerprint density at radius 1 is 1.25 bits per heavy atom. The summed E-state index contributed by atoms with van der Waals surface area (Å²) in [4.78, 5) is 10.3. The van der Waals surface area contributed by atoms with Gasteiger partial charge in [-0.25, -0.2) is 0 Å². The lowest BCUT2D eigenvalue weighted by Crippen LogP contribution is -1.96. The second-order valence-corrected chi connectivity index (χ2v) is 4.39. The van der Waals surface area contributed by atoms with E-state index in [0.717, 1.165) is 5.56 Å². The molecule has 2 aromatic rings.